The van der Waals surface area contributed by atoms with Crippen LogP contribution >= 0.6 is 0 Å². The third-order valence-electron chi connectivity index (χ3n) is 4.23. The third kappa shape index (κ3) is 3.86. The quantitative estimate of drug-likeness (QED) is 0.638. The van der Waals surface area contributed by atoms with Crippen LogP contribution in [0.1, 0.15) is 33.6 Å². The van der Waals surface area contributed by atoms with Gasteiger partial charge in [-0.1, -0.05) is 20.8 Å². The van der Waals surface area contributed by atoms with Gasteiger partial charge in [-0.15, -0.1) is 0 Å². The molecule has 1 aliphatic rings. The summed E-state index contributed by atoms with van der Waals surface area (Å²) in [6.45, 7) is 9.38. The van der Waals surface area contributed by atoms with Crippen LogP contribution in [-0.2, 0) is 0 Å². The van der Waals surface area contributed by atoms with Crippen molar-refractivity contribution in [2.24, 2.45) is 11.8 Å². The number of rotatable bonds is 6. The first kappa shape index (κ1) is 15.6. The minimum absolute atomic E-state index is 0.166. The minimum atomic E-state index is -0.309. The number of benzene rings is 1. The summed E-state index contributed by atoms with van der Waals surface area (Å²) in [4.78, 5) is 13.1. The molecule has 1 aromatic carbocycles. The van der Waals surface area contributed by atoms with Crippen molar-refractivity contribution in [1.29, 1.82) is 0 Å². The lowest BCUT2D eigenvalue weighted by Gasteiger charge is -2.21. The van der Waals surface area contributed by atoms with Gasteiger partial charge in [0, 0.05) is 43.1 Å². The van der Waals surface area contributed by atoms with Gasteiger partial charge in [0.25, 0.3) is 5.69 Å². The molecule has 0 spiro atoms. The highest BCUT2D eigenvalue weighted by molar-refractivity contribution is 5.64. The first-order valence-corrected chi connectivity index (χ1v) is 7.79. The monoisotopic (exact) mass is 291 g/mol. The van der Waals surface area contributed by atoms with Gasteiger partial charge in [0.1, 0.15) is 0 Å². The summed E-state index contributed by atoms with van der Waals surface area (Å²) < 4.78 is 0. The van der Waals surface area contributed by atoms with E-state index in [1.54, 1.807) is 12.1 Å². The number of nitrogens with one attached hydrogen (secondary N) is 1. The first-order valence-electron chi connectivity index (χ1n) is 7.79. The van der Waals surface area contributed by atoms with Crippen molar-refractivity contribution < 1.29 is 4.92 Å². The molecule has 5 nitrogen and oxygen atoms in total. The van der Waals surface area contributed by atoms with Crippen molar-refractivity contribution in [2.45, 2.75) is 33.6 Å². The molecule has 1 aromatic rings. The Balaban J connectivity index is 2.22. The fourth-order valence-corrected chi connectivity index (χ4v) is 2.82. The Labute approximate surface area is 126 Å². The van der Waals surface area contributed by atoms with Gasteiger partial charge in [-0.05, 0) is 30.7 Å². The molecule has 1 saturated heterocycles. The molecule has 0 aliphatic carbocycles. The van der Waals surface area contributed by atoms with Crippen LogP contribution in [0, 0.1) is 22.0 Å². The summed E-state index contributed by atoms with van der Waals surface area (Å²) in [6.07, 6.45) is 2.16. The number of non-ortho nitro benzene ring substituents is 1. The van der Waals surface area contributed by atoms with Gasteiger partial charge in [-0.3, -0.25) is 10.1 Å². The molecule has 1 unspecified atom stereocenters. The molecule has 21 heavy (non-hydrogen) atoms. The zero-order valence-electron chi connectivity index (χ0n) is 13.1. The first-order chi connectivity index (χ1) is 10.0. The Bertz CT molecular complexity index is 502. The molecule has 0 radical (unpaired) electrons. The number of nitrogens with zero attached hydrogens (tertiary/aromatic N) is 2. The van der Waals surface area contributed by atoms with Crippen LogP contribution in [0.15, 0.2) is 18.2 Å². The molecular weight excluding hydrogens is 266 g/mol. The highest BCUT2D eigenvalue weighted by Gasteiger charge is 2.26. The van der Waals surface area contributed by atoms with E-state index in [4.69, 9.17) is 0 Å². The van der Waals surface area contributed by atoms with Gasteiger partial charge in [0.2, 0.25) is 0 Å². The van der Waals surface area contributed by atoms with Crippen molar-refractivity contribution in [3.63, 3.8) is 0 Å². The normalized spacial score (nSPS) is 18.3. The number of hydrogen-bond donors (Lipinski definition) is 1. The lowest BCUT2D eigenvalue weighted by Crippen LogP contribution is -2.21. The third-order valence-corrected chi connectivity index (χ3v) is 4.23. The molecule has 116 valence electrons. The summed E-state index contributed by atoms with van der Waals surface area (Å²) in [5.41, 5.74) is 1.97. The van der Waals surface area contributed by atoms with Crippen LogP contribution in [0.5, 0.6) is 0 Å². The average molecular weight is 291 g/mol. The maximum absolute atomic E-state index is 11.1. The standard InChI is InChI=1S/C16H25N3O2/c1-4-6-17-14-8-15(10-16(9-14)19(20)21)18-7-5-13(11-18)12(2)3/h8-10,12-13,17H,4-7,11H2,1-3H3. The second kappa shape index (κ2) is 6.78. The molecule has 1 aliphatic heterocycles. The van der Waals surface area contributed by atoms with Crippen LogP contribution < -0.4 is 10.2 Å². The fourth-order valence-electron chi connectivity index (χ4n) is 2.82. The van der Waals surface area contributed by atoms with Crippen molar-refractivity contribution in [1.82, 2.24) is 0 Å². The summed E-state index contributed by atoms with van der Waals surface area (Å²) in [5.74, 6) is 1.34. The predicted octanol–water partition coefficient (Wildman–Crippen LogP) is 3.90. The summed E-state index contributed by atoms with van der Waals surface area (Å²) in [6, 6.07) is 5.35. The van der Waals surface area contributed by atoms with E-state index in [2.05, 4.69) is 31.0 Å². The van der Waals surface area contributed by atoms with Gasteiger partial charge in [-0.2, -0.15) is 0 Å². The summed E-state index contributed by atoms with van der Waals surface area (Å²) >= 11 is 0. The van der Waals surface area contributed by atoms with Crippen molar-refractivity contribution >= 4 is 17.1 Å². The molecule has 1 N–H and O–H groups in total. The smallest absolute Gasteiger partial charge is 0.273 e. The number of anilines is 2. The van der Waals surface area contributed by atoms with Gasteiger partial charge >= 0.3 is 0 Å². The van der Waals surface area contributed by atoms with E-state index in [9.17, 15) is 10.1 Å². The lowest BCUT2D eigenvalue weighted by molar-refractivity contribution is -0.384. The van der Waals surface area contributed by atoms with Crippen LogP contribution in [0.2, 0.25) is 0 Å². The van der Waals surface area contributed by atoms with E-state index in [1.807, 2.05) is 6.07 Å². The molecule has 0 saturated carbocycles. The molecule has 0 aromatic heterocycles. The highest BCUT2D eigenvalue weighted by Crippen LogP contribution is 2.32. The van der Waals surface area contributed by atoms with Gasteiger partial charge in [0.05, 0.1) is 4.92 Å². The second-order valence-corrected chi connectivity index (χ2v) is 6.16. The van der Waals surface area contributed by atoms with Gasteiger partial charge < -0.3 is 10.2 Å². The predicted molar refractivity (Wildman–Crippen MR) is 87.0 cm³/mol. The van der Waals surface area contributed by atoms with E-state index in [0.717, 1.165) is 43.9 Å². The van der Waals surface area contributed by atoms with Crippen molar-refractivity contribution in [3.8, 4) is 0 Å². The number of nitro benzene ring substituents is 1. The van der Waals surface area contributed by atoms with E-state index in [-0.39, 0.29) is 10.6 Å². The SMILES string of the molecule is CCCNc1cc(N2CCC(C(C)C)C2)cc([N+](=O)[O-])c1. The van der Waals surface area contributed by atoms with Gasteiger partial charge in [0.15, 0.2) is 0 Å². The molecule has 0 bridgehead atoms. The molecule has 1 heterocycles. The fraction of sp³-hybridized carbons (Fsp3) is 0.625. The molecule has 5 heteroatoms. The number of nitro groups is 1. The van der Waals surface area contributed by atoms with E-state index < -0.39 is 0 Å². The van der Waals surface area contributed by atoms with Crippen LogP contribution in [0.25, 0.3) is 0 Å². The largest absolute Gasteiger partial charge is 0.385 e. The van der Waals surface area contributed by atoms with Crippen LogP contribution in [0.3, 0.4) is 0 Å². The molecule has 0 amide bonds. The van der Waals surface area contributed by atoms with Crippen LogP contribution in [-0.4, -0.2) is 24.6 Å². The average Bonchev–Trinajstić information content (AvgIpc) is 2.94. The Morgan fingerprint density at radius 1 is 1.43 bits per heavy atom. The Hall–Kier alpha value is -1.78. The Morgan fingerprint density at radius 3 is 2.76 bits per heavy atom. The van der Waals surface area contributed by atoms with Crippen molar-refractivity contribution in [3.05, 3.63) is 28.3 Å². The van der Waals surface area contributed by atoms with E-state index in [1.165, 1.54) is 0 Å². The minimum Gasteiger partial charge on any atom is -0.385 e. The molecule has 1 fully saturated rings. The molecular formula is C16H25N3O2. The zero-order valence-corrected chi connectivity index (χ0v) is 13.1. The highest BCUT2D eigenvalue weighted by atomic mass is 16.6. The summed E-state index contributed by atoms with van der Waals surface area (Å²) in [7, 11) is 0. The number of hydrogen-bond acceptors (Lipinski definition) is 4. The maximum Gasteiger partial charge on any atom is 0.273 e. The van der Waals surface area contributed by atoms with Crippen molar-refractivity contribution in [2.75, 3.05) is 29.9 Å². The lowest BCUT2D eigenvalue weighted by atomic mass is 9.95. The van der Waals surface area contributed by atoms with E-state index >= 15 is 0 Å². The summed E-state index contributed by atoms with van der Waals surface area (Å²) in [5, 5.41) is 14.4. The maximum atomic E-state index is 11.1. The molecule has 2 rings (SSSR count). The van der Waals surface area contributed by atoms with Gasteiger partial charge in [-0.25, -0.2) is 0 Å². The van der Waals surface area contributed by atoms with Crippen LogP contribution in [0.4, 0.5) is 17.1 Å². The zero-order chi connectivity index (χ0) is 15.4. The molecule has 1 atom stereocenters. The van der Waals surface area contributed by atoms with E-state index in [0.29, 0.717) is 11.8 Å². The Kier molecular flexibility index (Phi) is 5.04. The second-order valence-electron chi connectivity index (χ2n) is 6.16. The Morgan fingerprint density at radius 2 is 2.19 bits per heavy atom. The topological polar surface area (TPSA) is 58.4 Å².